The van der Waals surface area contributed by atoms with Crippen molar-refractivity contribution in [2.45, 2.75) is 25.4 Å². The molecule has 0 unspecified atom stereocenters. The van der Waals surface area contributed by atoms with Gasteiger partial charge in [0.2, 0.25) is 5.28 Å². The Morgan fingerprint density at radius 1 is 1.50 bits per heavy atom. The SMILES string of the molecule is CN(Cc1cnc(Cl)nc1Cl)[C@H]1CCCNC1.Cl. The number of hydrogen-bond donors (Lipinski definition) is 1. The standard InChI is InChI=1S/C11H16Cl2N4.ClH/c1-17(9-3-2-4-14-6-9)7-8-5-15-11(13)16-10(8)12;/h5,9,14H,2-4,6-7H2,1H3;1H/t9-;/m0./s1. The molecule has 1 N–H and O–H groups in total. The molecular formula is C11H17Cl3N4. The zero-order chi connectivity index (χ0) is 12.3. The number of piperidine rings is 1. The highest BCUT2D eigenvalue weighted by Gasteiger charge is 2.18. The van der Waals surface area contributed by atoms with Gasteiger partial charge in [-0.05, 0) is 38.0 Å². The van der Waals surface area contributed by atoms with Crippen LogP contribution in [0.2, 0.25) is 10.4 Å². The van der Waals surface area contributed by atoms with Crippen molar-refractivity contribution < 1.29 is 0 Å². The Balaban J connectivity index is 0.00000162. The lowest BCUT2D eigenvalue weighted by Gasteiger charge is -2.31. The Bertz CT molecular complexity index is 383. The van der Waals surface area contributed by atoms with Crippen LogP contribution in [-0.2, 0) is 6.54 Å². The first-order valence-corrected chi connectivity index (χ1v) is 6.50. The molecule has 0 spiro atoms. The molecule has 4 nitrogen and oxygen atoms in total. The van der Waals surface area contributed by atoms with E-state index in [1.807, 2.05) is 0 Å². The first kappa shape index (κ1) is 15.9. The monoisotopic (exact) mass is 310 g/mol. The topological polar surface area (TPSA) is 41.1 Å². The highest BCUT2D eigenvalue weighted by molar-refractivity contribution is 6.32. The molecule has 2 rings (SSSR count). The molecule has 0 aromatic carbocycles. The minimum atomic E-state index is 0. The average molecular weight is 312 g/mol. The third kappa shape index (κ3) is 4.21. The van der Waals surface area contributed by atoms with E-state index < -0.39 is 0 Å². The number of rotatable bonds is 3. The van der Waals surface area contributed by atoms with Crippen molar-refractivity contribution in [1.82, 2.24) is 20.2 Å². The Morgan fingerprint density at radius 3 is 2.89 bits per heavy atom. The third-order valence-electron chi connectivity index (χ3n) is 3.10. The van der Waals surface area contributed by atoms with Gasteiger partial charge in [0.25, 0.3) is 0 Å². The first-order chi connectivity index (χ1) is 8.16. The highest BCUT2D eigenvalue weighted by atomic mass is 35.5. The van der Waals surface area contributed by atoms with E-state index >= 15 is 0 Å². The van der Waals surface area contributed by atoms with Crippen molar-refractivity contribution in [2.75, 3.05) is 20.1 Å². The first-order valence-electron chi connectivity index (χ1n) is 5.74. The fourth-order valence-electron chi connectivity index (χ4n) is 2.08. The molecule has 1 aromatic rings. The molecule has 1 atom stereocenters. The minimum Gasteiger partial charge on any atom is -0.315 e. The number of aromatic nitrogens is 2. The van der Waals surface area contributed by atoms with Crippen LogP contribution >= 0.6 is 35.6 Å². The van der Waals surface area contributed by atoms with E-state index in [4.69, 9.17) is 23.2 Å². The maximum Gasteiger partial charge on any atom is 0.223 e. The second-order valence-electron chi connectivity index (χ2n) is 4.37. The summed E-state index contributed by atoms with van der Waals surface area (Å²) >= 11 is 11.7. The van der Waals surface area contributed by atoms with Crippen molar-refractivity contribution in [1.29, 1.82) is 0 Å². The fraction of sp³-hybridized carbons (Fsp3) is 0.636. The van der Waals surface area contributed by atoms with E-state index in [1.54, 1.807) is 6.20 Å². The number of likely N-dealkylation sites (N-methyl/N-ethyl adjacent to an activating group) is 1. The maximum atomic E-state index is 6.03. The predicted molar refractivity (Wildman–Crippen MR) is 76.7 cm³/mol. The molecule has 1 aliphatic rings. The van der Waals surface area contributed by atoms with E-state index in [9.17, 15) is 0 Å². The van der Waals surface area contributed by atoms with Gasteiger partial charge in [-0.25, -0.2) is 9.97 Å². The summed E-state index contributed by atoms with van der Waals surface area (Å²) in [5, 5.41) is 4.04. The highest BCUT2D eigenvalue weighted by Crippen LogP contribution is 2.18. The summed E-state index contributed by atoms with van der Waals surface area (Å²) in [7, 11) is 2.10. The second-order valence-corrected chi connectivity index (χ2v) is 5.07. The van der Waals surface area contributed by atoms with Gasteiger partial charge in [0, 0.05) is 30.9 Å². The minimum absolute atomic E-state index is 0. The van der Waals surface area contributed by atoms with Gasteiger partial charge in [-0.3, -0.25) is 4.90 Å². The fourth-order valence-corrected chi connectivity index (χ4v) is 2.44. The van der Waals surface area contributed by atoms with Gasteiger partial charge in [-0.2, -0.15) is 0 Å². The molecule has 7 heteroatoms. The Morgan fingerprint density at radius 2 is 2.28 bits per heavy atom. The molecule has 102 valence electrons. The van der Waals surface area contributed by atoms with E-state index in [-0.39, 0.29) is 17.7 Å². The summed E-state index contributed by atoms with van der Waals surface area (Å²) in [4.78, 5) is 10.2. The van der Waals surface area contributed by atoms with E-state index in [0.717, 1.165) is 25.2 Å². The van der Waals surface area contributed by atoms with Crippen LogP contribution < -0.4 is 5.32 Å². The van der Waals surface area contributed by atoms with E-state index in [2.05, 4.69) is 27.2 Å². The molecule has 1 aliphatic heterocycles. The van der Waals surface area contributed by atoms with Gasteiger partial charge < -0.3 is 5.32 Å². The zero-order valence-corrected chi connectivity index (χ0v) is 12.5. The quantitative estimate of drug-likeness (QED) is 0.687. The summed E-state index contributed by atoms with van der Waals surface area (Å²) in [6, 6.07) is 0.551. The summed E-state index contributed by atoms with van der Waals surface area (Å²) in [6.07, 6.45) is 4.14. The molecule has 18 heavy (non-hydrogen) atoms. The number of nitrogens with one attached hydrogen (secondary N) is 1. The molecule has 0 radical (unpaired) electrons. The Labute approximate surface area is 123 Å². The largest absolute Gasteiger partial charge is 0.315 e. The molecule has 0 bridgehead atoms. The van der Waals surface area contributed by atoms with Gasteiger partial charge in [0.05, 0.1) is 0 Å². The average Bonchev–Trinajstić information content (AvgIpc) is 2.34. The van der Waals surface area contributed by atoms with E-state index in [1.165, 1.54) is 12.8 Å². The van der Waals surface area contributed by atoms with Crippen LogP contribution in [0.1, 0.15) is 18.4 Å². The molecule has 0 aliphatic carbocycles. The van der Waals surface area contributed by atoms with Gasteiger partial charge in [-0.1, -0.05) is 11.6 Å². The maximum absolute atomic E-state index is 6.03. The molecule has 0 saturated carbocycles. The van der Waals surface area contributed by atoms with Crippen molar-refractivity contribution in [3.05, 3.63) is 22.2 Å². The summed E-state index contributed by atoms with van der Waals surface area (Å²) in [5.41, 5.74) is 0.921. The molecule has 1 saturated heterocycles. The summed E-state index contributed by atoms with van der Waals surface area (Å²) in [5.74, 6) is 0. The van der Waals surface area contributed by atoms with Crippen molar-refractivity contribution in [2.24, 2.45) is 0 Å². The second kappa shape index (κ2) is 7.46. The van der Waals surface area contributed by atoms with Crippen LogP contribution in [0.25, 0.3) is 0 Å². The molecular weight excluding hydrogens is 295 g/mol. The molecule has 1 fully saturated rings. The predicted octanol–water partition coefficient (Wildman–Crippen LogP) is 2.39. The van der Waals surface area contributed by atoms with Crippen LogP contribution in [0.15, 0.2) is 6.20 Å². The zero-order valence-electron chi connectivity index (χ0n) is 10.2. The molecule has 1 aromatic heterocycles. The van der Waals surface area contributed by atoms with Crippen LogP contribution in [-0.4, -0.2) is 41.0 Å². The van der Waals surface area contributed by atoms with Gasteiger partial charge in [-0.15, -0.1) is 12.4 Å². The summed E-state index contributed by atoms with van der Waals surface area (Å²) in [6.45, 7) is 2.90. The lowest BCUT2D eigenvalue weighted by atomic mass is 10.1. The number of halogens is 3. The molecule has 2 heterocycles. The number of nitrogens with zero attached hydrogens (tertiary/aromatic N) is 3. The van der Waals surface area contributed by atoms with Gasteiger partial charge >= 0.3 is 0 Å². The van der Waals surface area contributed by atoms with Gasteiger partial charge in [0.1, 0.15) is 5.15 Å². The Hall–Kier alpha value is -0.130. The normalized spacial score (nSPS) is 19.7. The van der Waals surface area contributed by atoms with Crippen molar-refractivity contribution >= 4 is 35.6 Å². The Kier molecular flexibility index (Phi) is 6.60. The lowest BCUT2D eigenvalue weighted by Crippen LogP contribution is -2.43. The molecule has 0 amide bonds. The van der Waals surface area contributed by atoms with Crippen LogP contribution in [0, 0.1) is 0 Å². The lowest BCUT2D eigenvalue weighted by molar-refractivity contribution is 0.195. The van der Waals surface area contributed by atoms with Crippen molar-refractivity contribution in [3.63, 3.8) is 0 Å². The van der Waals surface area contributed by atoms with Crippen LogP contribution in [0.5, 0.6) is 0 Å². The number of hydrogen-bond acceptors (Lipinski definition) is 4. The van der Waals surface area contributed by atoms with Crippen LogP contribution in [0.4, 0.5) is 0 Å². The third-order valence-corrected chi connectivity index (χ3v) is 3.61. The smallest absolute Gasteiger partial charge is 0.223 e. The van der Waals surface area contributed by atoms with Gasteiger partial charge in [0.15, 0.2) is 0 Å². The summed E-state index contributed by atoms with van der Waals surface area (Å²) < 4.78 is 0. The van der Waals surface area contributed by atoms with E-state index in [0.29, 0.717) is 11.2 Å². The van der Waals surface area contributed by atoms with Crippen LogP contribution in [0.3, 0.4) is 0 Å². The van der Waals surface area contributed by atoms with Crippen molar-refractivity contribution in [3.8, 4) is 0 Å².